The molecule has 68 valence electrons. The summed E-state index contributed by atoms with van der Waals surface area (Å²) < 4.78 is 12.7. The van der Waals surface area contributed by atoms with Crippen LogP contribution in [0, 0.1) is 17.8 Å². The highest BCUT2D eigenvalue weighted by Gasteiger charge is 2.10. The summed E-state index contributed by atoms with van der Waals surface area (Å²) in [6.45, 7) is 1.83. The lowest BCUT2D eigenvalue weighted by molar-refractivity contribution is 0.398. The summed E-state index contributed by atoms with van der Waals surface area (Å²) in [6, 6.07) is 0. The SMILES string of the molecule is CCC(F)C#CC1CCCCC1. The van der Waals surface area contributed by atoms with Crippen LogP contribution in [-0.2, 0) is 0 Å². The van der Waals surface area contributed by atoms with Gasteiger partial charge in [0, 0.05) is 5.92 Å². The quantitative estimate of drug-likeness (QED) is 0.527. The van der Waals surface area contributed by atoms with Crippen molar-refractivity contribution in [1.82, 2.24) is 0 Å². The Bertz CT molecular complexity index is 169. The predicted molar refractivity (Wildman–Crippen MR) is 49.5 cm³/mol. The van der Waals surface area contributed by atoms with E-state index in [-0.39, 0.29) is 0 Å². The monoisotopic (exact) mass is 168 g/mol. The highest BCUT2D eigenvalue weighted by atomic mass is 19.1. The van der Waals surface area contributed by atoms with Crippen LogP contribution >= 0.6 is 0 Å². The molecule has 0 saturated heterocycles. The predicted octanol–water partition coefficient (Wildman–Crippen LogP) is 3.32. The second-order valence-corrected chi connectivity index (χ2v) is 3.50. The van der Waals surface area contributed by atoms with Crippen LogP contribution in [0.15, 0.2) is 0 Å². The molecule has 0 aromatic rings. The van der Waals surface area contributed by atoms with Gasteiger partial charge in [-0.25, -0.2) is 4.39 Å². The molecule has 1 atom stereocenters. The average molecular weight is 168 g/mol. The molecule has 1 heteroatoms. The van der Waals surface area contributed by atoms with Gasteiger partial charge in [-0.1, -0.05) is 38.0 Å². The first-order chi connectivity index (χ1) is 5.83. The van der Waals surface area contributed by atoms with Crippen molar-refractivity contribution in [1.29, 1.82) is 0 Å². The van der Waals surface area contributed by atoms with Gasteiger partial charge in [0.05, 0.1) is 0 Å². The van der Waals surface area contributed by atoms with Gasteiger partial charge in [0.2, 0.25) is 0 Å². The molecular formula is C11H17F. The highest BCUT2D eigenvalue weighted by molar-refractivity contribution is 5.08. The van der Waals surface area contributed by atoms with Gasteiger partial charge in [-0.05, 0) is 19.3 Å². The Balaban J connectivity index is 2.30. The third-order valence-electron chi connectivity index (χ3n) is 2.41. The smallest absolute Gasteiger partial charge is 0.160 e. The Morgan fingerprint density at radius 3 is 2.58 bits per heavy atom. The fourth-order valence-electron chi connectivity index (χ4n) is 1.56. The van der Waals surface area contributed by atoms with Crippen molar-refractivity contribution in [3.05, 3.63) is 0 Å². The lowest BCUT2D eigenvalue weighted by Gasteiger charge is -2.15. The average Bonchev–Trinajstić information content (AvgIpc) is 2.16. The summed E-state index contributed by atoms with van der Waals surface area (Å²) in [5, 5.41) is 0. The standard InChI is InChI=1S/C11H17F/c1-2-11(12)9-8-10-6-4-3-5-7-10/h10-11H,2-7H2,1H3. The van der Waals surface area contributed by atoms with E-state index < -0.39 is 6.17 Å². The van der Waals surface area contributed by atoms with Gasteiger partial charge in [-0.15, -0.1) is 0 Å². The van der Waals surface area contributed by atoms with Crippen molar-refractivity contribution in [2.24, 2.45) is 5.92 Å². The molecule has 1 rings (SSSR count). The molecule has 1 saturated carbocycles. The van der Waals surface area contributed by atoms with Crippen molar-refractivity contribution in [3.8, 4) is 11.8 Å². The molecule has 1 aliphatic carbocycles. The molecule has 1 aliphatic rings. The number of hydrogen-bond acceptors (Lipinski definition) is 0. The zero-order valence-electron chi connectivity index (χ0n) is 7.78. The molecule has 0 nitrogen and oxygen atoms in total. The van der Waals surface area contributed by atoms with Gasteiger partial charge in [-0.3, -0.25) is 0 Å². The first kappa shape index (κ1) is 9.58. The molecular weight excluding hydrogens is 151 g/mol. The molecule has 0 spiro atoms. The van der Waals surface area contributed by atoms with Crippen LogP contribution in [0.1, 0.15) is 45.4 Å². The van der Waals surface area contributed by atoms with Gasteiger partial charge in [-0.2, -0.15) is 0 Å². The summed E-state index contributed by atoms with van der Waals surface area (Å²) in [5.41, 5.74) is 0. The van der Waals surface area contributed by atoms with Gasteiger partial charge < -0.3 is 0 Å². The summed E-state index contributed by atoms with van der Waals surface area (Å²) >= 11 is 0. The van der Waals surface area contributed by atoms with Gasteiger partial charge >= 0.3 is 0 Å². The van der Waals surface area contributed by atoms with E-state index in [9.17, 15) is 4.39 Å². The number of alkyl halides is 1. The minimum absolute atomic E-state index is 0.489. The largest absolute Gasteiger partial charge is 0.233 e. The Hall–Kier alpha value is -0.510. The zero-order chi connectivity index (χ0) is 8.81. The van der Waals surface area contributed by atoms with E-state index in [0.717, 1.165) is 0 Å². The first-order valence-corrected chi connectivity index (χ1v) is 4.98. The van der Waals surface area contributed by atoms with Crippen LogP contribution in [0.25, 0.3) is 0 Å². The maximum absolute atomic E-state index is 12.7. The maximum Gasteiger partial charge on any atom is 0.160 e. The van der Waals surface area contributed by atoms with E-state index in [0.29, 0.717) is 12.3 Å². The van der Waals surface area contributed by atoms with Crippen molar-refractivity contribution in [2.45, 2.75) is 51.6 Å². The third kappa shape index (κ3) is 3.26. The molecule has 0 N–H and O–H groups in total. The van der Waals surface area contributed by atoms with Crippen LogP contribution in [0.4, 0.5) is 4.39 Å². The fourth-order valence-corrected chi connectivity index (χ4v) is 1.56. The fraction of sp³-hybridized carbons (Fsp3) is 0.818. The molecule has 0 bridgehead atoms. The van der Waals surface area contributed by atoms with Gasteiger partial charge in [0.1, 0.15) is 0 Å². The summed E-state index contributed by atoms with van der Waals surface area (Å²) in [4.78, 5) is 0. The summed E-state index contributed by atoms with van der Waals surface area (Å²) in [6.07, 6.45) is 5.90. The Labute approximate surface area is 74.5 Å². The van der Waals surface area contributed by atoms with Gasteiger partial charge in [0.25, 0.3) is 0 Å². The molecule has 0 radical (unpaired) electrons. The van der Waals surface area contributed by atoms with E-state index in [2.05, 4.69) is 11.8 Å². The minimum Gasteiger partial charge on any atom is -0.233 e. The number of halogens is 1. The lowest BCUT2D eigenvalue weighted by atomic mass is 9.90. The van der Waals surface area contributed by atoms with E-state index in [1.54, 1.807) is 0 Å². The second kappa shape index (κ2) is 5.19. The molecule has 0 aromatic heterocycles. The first-order valence-electron chi connectivity index (χ1n) is 4.98. The molecule has 12 heavy (non-hydrogen) atoms. The van der Waals surface area contributed by atoms with Crippen LogP contribution in [0.2, 0.25) is 0 Å². The van der Waals surface area contributed by atoms with Crippen LogP contribution in [0.3, 0.4) is 0 Å². The lowest BCUT2D eigenvalue weighted by Crippen LogP contribution is -2.04. The van der Waals surface area contributed by atoms with E-state index in [1.165, 1.54) is 32.1 Å². The van der Waals surface area contributed by atoms with E-state index >= 15 is 0 Å². The van der Waals surface area contributed by atoms with Crippen molar-refractivity contribution < 1.29 is 4.39 Å². The highest BCUT2D eigenvalue weighted by Crippen LogP contribution is 2.22. The Morgan fingerprint density at radius 1 is 1.33 bits per heavy atom. The Kier molecular flexibility index (Phi) is 4.14. The van der Waals surface area contributed by atoms with Crippen molar-refractivity contribution in [3.63, 3.8) is 0 Å². The summed E-state index contributed by atoms with van der Waals surface area (Å²) in [5.74, 6) is 6.22. The van der Waals surface area contributed by atoms with E-state index in [4.69, 9.17) is 0 Å². The number of rotatable bonds is 1. The van der Waals surface area contributed by atoms with Crippen molar-refractivity contribution >= 4 is 0 Å². The van der Waals surface area contributed by atoms with Crippen LogP contribution in [-0.4, -0.2) is 6.17 Å². The molecule has 0 aliphatic heterocycles. The molecule has 0 heterocycles. The minimum atomic E-state index is -0.896. The molecule has 0 aromatic carbocycles. The topological polar surface area (TPSA) is 0 Å². The third-order valence-corrected chi connectivity index (χ3v) is 2.41. The molecule has 0 amide bonds. The van der Waals surface area contributed by atoms with Crippen LogP contribution in [0.5, 0.6) is 0 Å². The van der Waals surface area contributed by atoms with Crippen molar-refractivity contribution in [2.75, 3.05) is 0 Å². The summed E-state index contributed by atoms with van der Waals surface area (Å²) in [7, 11) is 0. The zero-order valence-corrected chi connectivity index (χ0v) is 7.78. The van der Waals surface area contributed by atoms with E-state index in [1.807, 2.05) is 6.92 Å². The normalized spacial score (nSPS) is 21.2. The molecule has 1 fully saturated rings. The second-order valence-electron chi connectivity index (χ2n) is 3.50. The van der Waals surface area contributed by atoms with Crippen LogP contribution < -0.4 is 0 Å². The van der Waals surface area contributed by atoms with Gasteiger partial charge in [0.15, 0.2) is 6.17 Å². The Morgan fingerprint density at radius 2 is 2.00 bits per heavy atom. The maximum atomic E-state index is 12.7. The molecule has 1 unspecified atom stereocenters. The number of hydrogen-bond donors (Lipinski definition) is 0.